The largest absolute Gasteiger partial charge is 0.496 e. The van der Waals surface area contributed by atoms with E-state index in [1.807, 2.05) is 56.3 Å². The van der Waals surface area contributed by atoms with Gasteiger partial charge in [0.05, 0.1) is 12.7 Å². The van der Waals surface area contributed by atoms with Crippen molar-refractivity contribution in [3.05, 3.63) is 100 Å². The summed E-state index contributed by atoms with van der Waals surface area (Å²) in [5.74, 6) is 0.0656. The number of carbonyl (C=O) groups excluding carboxylic acids is 1. The summed E-state index contributed by atoms with van der Waals surface area (Å²) in [6, 6.07) is 20.7. The van der Waals surface area contributed by atoms with Gasteiger partial charge in [0.25, 0.3) is 5.91 Å². The molecule has 0 aliphatic rings. The standard InChI is InChI=1S/C27H30FN2O2P/c1-18-9-7-13-23(28)22(18)17-30-27(31)25(21-12-8-14-24(32-3)26(21)33)19(2)29-16-15-20-10-5-4-6-11-20/h4-14,29H,15-17,33H2,1-3H3,(H,30,31)/b25-19-. The molecule has 3 aromatic rings. The van der Waals surface area contributed by atoms with Gasteiger partial charge in [0, 0.05) is 29.7 Å². The number of amides is 1. The zero-order chi connectivity index (χ0) is 23.8. The highest BCUT2D eigenvalue weighted by atomic mass is 31.0. The molecule has 172 valence electrons. The lowest BCUT2D eigenvalue weighted by Gasteiger charge is -2.18. The monoisotopic (exact) mass is 464 g/mol. The minimum absolute atomic E-state index is 0.105. The third kappa shape index (κ3) is 6.21. The quantitative estimate of drug-likeness (QED) is 0.362. The molecular formula is C27H30FN2O2P. The molecular weight excluding hydrogens is 434 g/mol. The fourth-order valence-corrected chi connectivity index (χ4v) is 4.16. The van der Waals surface area contributed by atoms with Crippen LogP contribution in [0.3, 0.4) is 0 Å². The van der Waals surface area contributed by atoms with E-state index < -0.39 is 0 Å². The van der Waals surface area contributed by atoms with Crippen LogP contribution in [0.4, 0.5) is 4.39 Å². The highest BCUT2D eigenvalue weighted by Gasteiger charge is 2.20. The Labute approximate surface area is 197 Å². The predicted molar refractivity (Wildman–Crippen MR) is 136 cm³/mol. The van der Waals surface area contributed by atoms with Gasteiger partial charge in [-0.15, -0.1) is 9.24 Å². The summed E-state index contributed by atoms with van der Waals surface area (Å²) in [7, 11) is 4.26. The first-order valence-electron chi connectivity index (χ1n) is 10.9. The van der Waals surface area contributed by atoms with Crippen LogP contribution in [-0.2, 0) is 17.8 Å². The van der Waals surface area contributed by atoms with Crippen molar-refractivity contribution in [1.82, 2.24) is 10.6 Å². The average Bonchev–Trinajstić information content (AvgIpc) is 2.81. The molecule has 0 fully saturated rings. The minimum Gasteiger partial charge on any atom is -0.496 e. The molecule has 33 heavy (non-hydrogen) atoms. The molecule has 0 spiro atoms. The van der Waals surface area contributed by atoms with Crippen LogP contribution in [0.1, 0.15) is 29.2 Å². The Morgan fingerprint density at radius 2 is 1.73 bits per heavy atom. The smallest absolute Gasteiger partial charge is 0.253 e. The molecule has 0 aliphatic heterocycles. The second-order valence-electron chi connectivity index (χ2n) is 7.80. The van der Waals surface area contributed by atoms with Crippen molar-refractivity contribution in [3.63, 3.8) is 0 Å². The van der Waals surface area contributed by atoms with Crippen LogP contribution < -0.4 is 20.7 Å². The second kappa shape index (κ2) is 11.6. The maximum absolute atomic E-state index is 14.3. The molecule has 2 N–H and O–H groups in total. The molecule has 1 unspecified atom stereocenters. The number of allylic oxidation sites excluding steroid dienone is 1. The van der Waals surface area contributed by atoms with Gasteiger partial charge < -0.3 is 15.4 Å². The van der Waals surface area contributed by atoms with E-state index in [1.54, 1.807) is 13.2 Å². The lowest BCUT2D eigenvalue weighted by molar-refractivity contribution is -0.115. The van der Waals surface area contributed by atoms with E-state index >= 15 is 0 Å². The SMILES string of the molecule is COc1cccc(/C(C(=O)NCc2c(C)cccc2F)=C(\C)NCCc2ccccc2)c1P. The second-order valence-corrected chi connectivity index (χ2v) is 8.38. The molecule has 1 atom stereocenters. The van der Waals surface area contributed by atoms with Crippen LogP contribution in [0.2, 0.25) is 0 Å². The number of ether oxygens (including phenoxy) is 1. The molecule has 3 aromatic carbocycles. The normalized spacial score (nSPS) is 11.5. The number of carbonyl (C=O) groups is 1. The van der Waals surface area contributed by atoms with Crippen LogP contribution in [0.5, 0.6) is 5.75 Å². The number of methoxy groups -OCH3 is 1. The lowest BCUT2D eigenvalue weighted by atomic mass is 10.0. The molecule has 0 saturated carbocycles. The minimum atomic E-state index is -0.327. The number of hydrogen-bond donors (Lipinski definition) is 2. The van der Waals surface area contributed by atoms with Crippen LogP contribution in [0.15, 0.2) is 72.4 Å². The van der Waals surface area contributed by atoms with Gasteiger partial charge in [-0.3, -0.25) is 4.79 Å². The van der Waals surface area contributed by atoms with E-state index in [0.29, 0.717) is 23.4 Å². The van der Waals surface area contributed by atoms with Crippen molar-refractivity contribution in [2.24, 2.45) is 0 Å². The third-order valence-electron chi connectivity index (χ3n) is 5.58. The highest BCUT2D eigenvalue weighted by molar-refractivity contribution is 7.28. The number of halogens is 1. The molecule has 0 heterocycles. The predicted octanol–water partition coefficient (Wildman–Crippen LogP) is 4.52. The van der Waals surface area contributed by atoms with E-state index in [0.717, 1.165) is 28.5 Å². The van der Waals surface area contributed by atoms with Crippen molar-refractivity contribution >= 4 is 26.0 Å². The summed E-state index contributed by atoms with van der Waals surface area (Å²) in [6.07, 6.45) is 0.827. The molecule has 6 heteroatoms. The molecule has 0 aromatic heterocycles. The van der Waals surface area contributed by atoms with Crippen molar-refractivity contribution in [1.29, 1.82) is 0 Å². The van der Waals surface area contributed by atoms with Crippen LogP contribution in [0.25, 0.3) is 5.57 Å². The van der Waals surface area contributed by atoms with Crippen LogP contribution in [-0.4, -0.2) is 19.6 Å². The van der Waals surface area contributed by atoms with E-state index in [-0.39, 0.29) is 18.3 Å². The molecule has 4 nitrogen and oxygen atoms in total. The van der Waals surface area contributed by atoms with Crippen LogP contribution in [0, 0.1) is 12.7 Å². The van der Waals surface area contributed by atoms with Gasteiger partial charge in [-0.25, -0.2) is 4.39 Å². The van der Waals surface area contributed by atoms with Crippen molar-refractivity contribution in [2.45, 2.75) is 26.8 Å². The molecule has 0 radical (unpaired) electrons. The first-order chi connectivity index (χ1) is 15.9. The van der Waals surface area contributed by atoms with Gasteiger partial charge in [0.2, 0.25) is 0 Å². The third-order valence-corrected chi connectivity index (χ3v) is 6.18. The van der Waals surface area contributed by atoms with E-state index in [2.05, 4.69) is 32.0 Å². The Kier molecular flexibility index (Phi) is 8.62. The fraction of sp³-hybridized carbons (Fsp3) is 0.222. The van der Waals surface area contributed by atoms with E-state index in [1.165, 1.54) is 11.6 Å². The Balaban J connectivity index is 1.87. The van der Waals surface area contributed by atoms with E-state index in [9.17, 15) is 9.18 Å². The van der Waals surface area contributed by atoms with Gasteiger partial charge in [0.15, 0.2) is 0 Å². The average molecular weight is 465 g/mol. The summed E-state index contributed by atoms with van der Waals surface area (Å²) < 4.78 is 19.7. The molecule has 0 bridgehead atoms. The summed E-state index contributed by atoms with van der Waals surface area (Å²) >= 11 is 0. The molecule has 0 saturated heterocycles. The fourth-order valence-electron chi connectivity index (χ4n) is 3.71. The number of benzene rings is 3. The number of aryl methyl sites for hydroxylation is 1. The number of hydrogen-bond acceptors (Lipinski definition) is 3. The van der Waals surface area contributed by atoms with Crippen molar-refractivity contribution < 1.29 is 13.9 Å². The Bertz CT molecular complexity index is 1130. The van der Waals surface area contributed by atoms with E-state index in [4.69, 9.17) is 4.74 Å². The van der Waals surface area contributed by atoms with Gasteiger partial charge in [-0.05, 0) is 49.1 Å². The zero-order valence-corrected chi connectivity index (χ0v) is 20.4. The number of nitrogens with one attached hydrogen (secondary N) is 2. The maximum atomic E-state index is 14.3. The van der Waals surface area contributed by atoms with Gasteiger partial charge in [-0.1, -0.05) is 54.6 Å². The molecule has 1 amide bonds. The molecule has 3 rings (SSSR count). The summed E-state index contributed by atoms with van der Waals surface area (Å²) in [6.45, 7) is 4.50. The van der Waals surface area contributed by atoms with Crippen LogP contribution >= 0.6 is 9.24 Å². The maximum Gasteiger partial charge on any atom is 0.253 e. The summed E-state index contributed by atoms with van der Waals surface area (Å²) in [5, 5.41) is 7.09. The number of rotatable bonds is 9. The highest BCUT2D eigenvalue weighted by Crippen LogP contribution is 2.23. The Morgan fingerprint density at radius 1 is 1.00 bits per heavy atom. The summed E-state index contributed by atoms with van der Waals surface area (Å²) in [4.78, 5) is 13.4. The van der Waals surface area contributed by atoms with Gasteiger partial charge >= 0.3 is 0 Å². The van der Waals surface area contributed by atoms with Gasteiger partial charge in [0.1, 0.15) is 11.6 Å². The Hall–Kier alpha value is -3.17. The topological polar surface area (TPSA) is 50.4 Å². The summed E-state index contributed by atoms with van der Waals surface area (Å²) in [5.41, 5.74) is 4.48. The lowest BCUT2D eigenvalue weighted by Crippen LogP contribution is -2.29. The first kappa shape index (κ1) is 24.5. The van der Waals surface area contributed by atoms with Crippen molar-refractivity contribution in [3.8, 4) is 5.75 Å². The first-order valence-corrected chi connectivity index (χ1v) is 11.4. The Morgan fingerprint density at radius 3 is 2.42 bits per heavy atom. The zero-order valence-electron chi connectivity index (χ0n) is 19.2. The van der Waals surface area contributed by atoms with Crippen molar-refractivity contribution in [2.75, 3.05) is 13.7 Å². The van der Waals surface area contributed by atoms with Gasteiger partial charge in [-0.2, -0.15) is 0 Å². The molecule has 0 aliphatic carbocycles.